The smallest absolute Gasteiger partial charge is 0.289 e. The Labute approximate surface area is 149 Å². The number of amides is 2. The SMILES string of the molecule is Cn1cc(-c2nc(C(=O)NNC(=O)c3cc(Br)cn3C)cs2)cn1. The van der Waals surface area contributed by atoms with Gasteiger partial charge in [-0.25, -0.2) is 4.98 Å². The van der Waals surface area contributed by atoms with Gasteiger partial charge in [0.25, 0.3) is 11.8 Å². The van der Waals surface area contributed by atoms with E-state index in [9.17, 15) is 9.59 Å². The van der Waals surface area contributed by atoms with Gasteiger partial charge in [0, 0.05) is 41.9 Å². The second kappa shape index (κ2) is 6.57. The number of hydrogen-bond donors (Lipinski definition) is 2. The van der Waals surface area contributed by atoms with E-state index in [-0.39, 0.29) is 5.69 Å². The van der Waals surface area contributed by atoms with Gasteiger partial charge in [-0.1, -0.05) is 0 Å². The molecule has 0 bridgehead atoms. The van der Waals surface area contributed by atoms with Crippen LogP contribution in [-0.4, -0.2) is 31.1 Å². The average Bonchev–Trinajstić information content (AvgIpc) is 3.24. The molecule has 0 unspecified atom stereocenters. The van der Waals surface area contributed by atoms with E-state index in [1.165, 1.54) is 11.3 Å². The van der Waals surface area contributed by atoms with Gasteiger partial charge in [-0.15, -0.1) is 11.3 Å². The highest BCUT2D eigenvalue weighted by Gasteiger charge is 2.15. The lowest BCUT2D eigenvalue weighted by Gasteiger charge is -2.06. The standard InChI is InChI=1S/C14H13BrN6O2S/c1-20-6-9(15)3-11(20)13(23)19-18-12(22)10-7-24-14(17-10)8-4-16-21(2)5-8/h3-7H,1-2H3,(H,18,22)(H,19,23). The molecule has 0 fully saturated rings. The zero-order valence-electron chi connectivity index (χ0n) is 12.8. The van der Waals surface area contributed by atoms with Crippen LogP contribution in [0.25, 0.3) is 10.6 Å². The molecule has 3 heterocycles. The Morgan fingerprint density at radius 2 is 1.96 bits per heavy atom. The number of aryl methyl sites for hydroxylation is 2. The summed E-state index contributed by atoms with van der Waals surface area (Å²) < 4.78 is 4.09. The number of rotatable bonds is 3. The Morgan fingerprint density at radius 1 is 1.21 bits per heavy atom. The minimum Gasteiger partial charge on any atom is -0.345 e. The first kappa shape index (κ1) is 16.4. The van der Waals surface area contributed by atoms with Crippen LogP contribution < -0.4 is 10.9 Å². The van der Waals surface area contributed by atoms with Gasteiger partial charge in [0.2, 0.25) is 0 Å². The third-order valence-electron chi connectivity index (χ3n) is 3.18. The quantitative estimate of drug-likeness (QED) is 0.645. The number of halogens is 1. The number of hydrogen-bond acceptors (Lipinski definition) is 5. The summed E-state index contributed by atoms with van der Waals surface area (Å²) in [7, 11) is 3.55. The molecular formula is C14H13BrN6O2S. The number of carbonyl (C=O) groups is 2. The molecule has 0 saturated heterocycles. The lowest BCUT2D eigenvalue weighted by molar-refractivity contribution is 0.0840. The Balaban J connectivity index is 1.64. The molecule has 0 radical (unpaired) electrons. The number of thiazole rings is 1. The van der Waals surface area contributed by atoms with Crippen molar-refractivity contribution in [3.8, 4) is 10.6 Å². The van der Waals surface area contributed by atoms with E-state index in [2.05, 4.69) is 36.9 Å². The maximum atomic E-state index is 12.1. The van der Waals surface area contributed by atoms with Crippen molar-refractivity contribution in [2.24, 2.45) is 14.1 Å². The highest BCUT2D eigenvalue weighted by atomic mass is 79.9. The van der Waals surface area contributed by atoms with Gasteiger partial charge in [-0.05, 0) is 22.0 Å². The van der Waals surface area contributed by atoms with Crippen LogP contribution in [-0.2, 0) is 14.1 Å². The molecule has 0 atom stereocenters. The normalized spacial score (nSPS) is 10.6. The van der Waals surface area contributed by atoms with E-state index in [0.717, 1.165) is 10.0 Å². The fourth-order valence-electron chi connectivity index (χ4n) is 2.03. The highest BCUT2D eigenvalue weighted by molar-refractivity contribution is 9.10. The van der Waals surface area contributed by atoms with Crippen LogP contribution in [0.15, 0.2) is 34.5 Å². The molecule has 0 aromatic carbocycles. The molecule has 0 aliphatic carbocycles. The van der Waals surface area contributed by atoms with Gasteiger partial charge in [0.05, 0.1) is 6.20 Å². The van der Waals surface area contributed by atoms with Gasteiger partial charge in [-0.2, -0.15) is 5.10 Å². The zero-order valence-corrected chi connectivity index (χ0v) is 15.2. The van der Waals surface area contributed by atoms with Crippen molar-refractivity contribution in [2.75, 3.05) is 0 Å². The van der Waals surface area contributed by atoms with Crippen LogP contribution in [0.5, 0.6) is 0 Å². The van der Waals surface area contributed by atoms with E-state index < -0.39 is 11.8 Å². The molecule has 24 heavy (non-hydrogen) atoms. The van der Waals surface area contributed by atoms with Gasteiger partial charge in [0.15, 0.2) is 0 Å². The molecule has 2 amide bonds. The zero-order chi connectivity index (χ0) is 17.3. The van der Waals surface area contributed by atoms with Crippen molar-refractivity contribution in [3.05, 3.63) is 45.9 Å². The number of aromatic nitrogens is 4. The first-order valence-corrected chi connectivity index (χ1v) is 8.48. The Hall–Kier alpha value is -2.46. The van der Waals surface area contributed by atoms with Crippen LogP contribution in [0.2, 0.25) is 0 Å². The molecule has 0 saturated carbocycles. The molecule has 10 heteroatoms. The lowest BCUT2D eigenvalue weighted by Crippen LogP contribution is -2.42. The molecule has 3 aromatic heterocycles. The second-order valence-corrected chi connectivity index (χ2v) is 6.78. The van der Waals surface area contributed by atoms with Crippen LogP contribution >= 0.6 is 27.3 Å². The summed E-state index contributed by atoms with van der Waals surface area (Å²) in [5, 5.41) is 6.38. The topological polar surface area (TPSA) is 93.8 Å². The van der Waals surface area contributed by atoms with E-state index in [0.29, 0.717) is 10.7 Å². The van der Waals surface area contributed by atoms with Crippen LogP contribution in [0, 0.1) is 0 Å². The Morgan fingerprint density at radius 3 is 2.58 bits per heavy atom. The predicted molar refractivity (Wildman–Crippen MR) is 92.4 cm³/mol. The average molecular weight is 409 g/mol. The van der Waals surface area contributed by atoms with Crippen LogP contribution in [0.3, 0.4) is 0 Å². The Bertz CT molecular complexity index is 912. The van der Waals surface area contributed by atoms with Crippen molar-refractivity contribution in [1.29, 1.82) is 0 Å². The third kappa shape index (κ3) is 3.39. The summed E-state index contributed by atoms with van der Waals surface area (Å²) in [5.41, 5.74) is 6.21. The number of hydrazine groups is 1. The molecule has 3 rings (SSSR count). The lowest BCUT2D eigenvalue weighted by atomic mass is 10.4. The van der Waals surface area contributed by atoms with Gasteiger partial charge >= 0.3 is 0 Å². The van der Waals surface area contributed by atoms with E-state index in [1.54, 1.807) is 40.1 Å². The molecular weight excluding hydrogens is 396 g/mol. The second-order valence-electron chi connectivity index (χ2n) is 5.00. The van der Waals surface area contributed by atoms with Crippen molar-refractivity contribution in [3.63, 3.8) is 0 Å². The maximum Gasteiger partial charge on any atom is 0.289 e. The van der Waals surface area contributed by atoms with Gasteiger partial charge in [0.1, 0.15) is 16.4 Å². The highest BCUT2D eigenvalue weighted by Crippen LogP contribution is 2.22. The fraction of sp³-hybridized carbons (Fsp3) is 0.143. The van der Waals surface area contributed by atoms with E-state index >= 15 is 0 Å². The van der Waals surface area contributed by atoms with Gasteiger partial charge < -0.3 is 4.57 Å². The number of nitrogens with zero attached hydrogens (tertiary/aromatic N) is 4. The molecule has 0 aliphatic rings. The summed E-state index contributed by atoms with van der Waals surface area (Å²) in [6.07, 6.45) is 5.24. The van der Waals surface area contributed by atoms with Gasteiger partial charge in [-0.3, -0.25) is 25.1 Å². The number of carbonyl (C=O) groups excluding carboxylic acids is 2. The summed E-state index contributed by atoms with van der Waals surface area (Å²) in [6.45, 7) is 0. The molecule has 0 aliphatic heterocycles. The van der Waals surface area contributed by atoms with Crippen molar-refractivity contribution >= 4 is 39.1 Å². The van der Waals surface area contributed by atoms with Crippen LogP contribution in [0.4, 0.5) is 0 Å². The van der Waals surface area contributed by atoms with Crippen molar-refractivity contribution < 1.29 is 9.59 Å². The summed E-state index contributed by atoms with van der Waals surface area (Å²) in [6, 6.07) is 1.66. The molecule has 0 spiro atoms. The monoisotopic (exact) mass is 408 g/mol. The molecule has 2 N–H and O–H groups in total. The first-order valence-electron chi connectivity index (χ1n) is 6.81. The minimum atomic E-state index is -0.483. The predicted octanol–water partition coefficient (Wildman–Crippen LogP) is 1.72. The first-order chi connectivity index (χ1) is 11.4. The Kier molecular flexibility index (Phi) is 4.49. The maximum absolute atomic E-state index is 12.1. The molecule has 124 valence electrons. The van der Waals surface area contributed by atoms with E-state index in [4.69, 9.17) is 0 Å². The summed E-state index contributed by atoms with van der Waals surface area (Å²) in [4.78, 5) is 28.4. The van der Waals surface area contributed by atoms with Crippen molar-refractivity contribution in [2.45, 2.75) is 0 Å². The third-order valence-corrected chi connectivity index (χ3v) is 4.51. The van der Waals surface area contributed by atoms with E-state index in [1.807, 2.05) is 13.2 Å². The summed E-state index contributed by atoms with van der Waals surface area (Å²) >= 11 is 4.62. The summed E-state index contributed by atoms with van der Waals surface area (Å²) in [5.74, 6) is -0.901. The van der Waals surface area contributed by atoms with Crippen molar-refractivity contribution in [1.82, 2.24) is 30.2 Å². The van der Waals surface area contributed by atoms with Crippen LogP contribution in [0.1, 0.15) is 21.0 Å². The fourth-order valence-corrected chi connectivity index (χ4v) is 3.33. The number of nitrogens with one attached hydrogen (secondary N) is 2. The largest absolute Gasteiger partial charge is 0.345 e. The molecule has 8 nitrogen and oxygen atoms in total. The minimum absolute atomic E-state index is 0.229. The molecule has 3 aromatic rings.